The lowest BCUT2D eigenvalue weighted by Crippen LogP contribution is -2.02. The van der Waals surface area contributed by atoms with Crippen molar-refractivity contribution in [2.24, 2.45) is 5.73 Å². The molecule has 0 radical (unpaired) electrons. The van der Waals surface area contributed by atoms with E-state index in [-0.39, 0.29) is 5.70 Å². The quantitative estimate of drug-likeness (QED) is 0.728. The Kier molecular flexibility index (Phi) is 3.24. The average molecular weight is 190 g/mol. The molecule has 0 amide bonds. The van der Waals surface area contributed by atoms with Gasteiger partial charge in [0.15, 0.2) is 0 Å². The molecule has 1 aromatic carbocycles. The van der Waals surface area contributed by atoms with Gasteiger partial charge in [-0.3, -0.25) is 0 Å². The first-order chi connectivity index (χ1) is 6.70. The van der Waals surface area contributed by atoms with E-state index in [0.717, 1.165) is 0 Å². The van der Waals surface area contributed by atoms with Crippen LogP contribution in [0.5, 0.6) is 0 Å². The second-order valence-corrected chi connectivity index (χ2v) is 2.84. The number of hydrogen-bond donors (Lipinski definition) is 1. The van der Waals surface area contributed by atoms with Gasteiger partial charge in [-0.1, -0.05) is 19.1 Å². The predicted octanol–water partition coefficient (Wildman–Crippen LogP) is 2.43. The van der Waals surface area contributed by atoms with E-state index in [9.17, 15) is 4.39 Å². The highest BCUT2D eigenvalue weighted by molar-refractivity contribution is 5.69. The van der Waals surface area contributed by atoms with E-state index < -0.39 is 5.82 Å². The molecule has 14 heavy (non-hydrogen) atoms. The van der Waals surface area contributed by atoms with E-state index in [2.05, 4.69) is 0 Å². The maximum Gasteiger partial charge on any atom is 0.132 e. The molecule has 0 atom stereocenters. The van der Waals surface area contributed by atoms with Crippen molar-refractivity contribution in [3.8, 4) is 6.07 Å². The minimum atomic E-state index is -0.397. The summed E-state index contributed by atoms with van der Waals surface area (Å²) in [5, 5.41) is 8.74. The molecular weight excluding hydrogens is 179 g/mol. The molecule has 0 aromatic heterocycles. The van der Waals surface area contributed by atoms with Crippen molar-refractivity contribution < 1.29 is 4.39 Å². The van der Waals surface area contributed by atoms with E-state index >= 15 is 0 Å². The van der Waals surface area contributed by atoms with Gasteiger partial charge < -0.3 is 5.73 Å². The maximum atomic E-state index is 13.2. The van der Waals surface area contributed by atoms with E-state index in [1.165, 1.54) is 6.07 Å². The van der Waals surface area contributed by atoms with Gasteiger partial charge in [-0.15, -0.1) is 0 Å². The molecule has 0 bridgehead atoms. The van der Waals surface area contributed by atoms with Crippen LogP contribution in [0.3, 0.4) is 0 Å². The number of hydrogen-bond acceptors (Lipinski definition) is 2. The Bertz CT molecular complexity index is 402. The Morgan fingerprint density at radius 2 is 2.14 bits per heavy atom. The second kappa shape index (κ2) is 4.43. The fourth-order valence-corrected chi connectivity index (χ4v) is 1.17. The van der Waals surface area contributed by atoms with Gasteiger partial charge >= 0.3 is 0 Å². The number of rotatable bonds is 2. The Hall–Kier alpha value is -1.82. The molecule has 72 valence electrons. The summed E-state index contributed by atoms with van der Waals surface area (Å²) in [6, 6.07) is 8.14. The molecular formula is C11H11FN2. The monoisotopic (exact) mass is 190 g/mol. The van der Waals surface area contributed by atoms with Gasteiger partial charge in [0.2, 0.25) is 0 Å². The van der Waals surface area contributed by atoms with Crippen molar-refractivity contribution >= 4 is 5.70 Å². The lowest BCUT2D eigenvalue weighted by Gasteiger charge is -2.04. The third-order valence-electron chi connectivity index (χ3n) is 1.98. The highest BCUT2D eigenvalue weighted by Crippen LogP contribution is 2.18. The number of benzene rings is 1. The first-order valence-electron chi connectivity index (χ1n) is 4.34. The number of halogens is 1. The summed E-state index contributed by atoms with van der Waals surface area (Å²) in [5.74, 6) is -0.397. The van der Waals surface area contributed by atoms with Gasteiger partial charge in [-0.25, -0.2) is 4.39 Å². The van der Waals surface area contributed by atoms with Crippen LogP contribution in [0.2, 0.25) is 0 Å². The molecule has 0 spiro atoms. The Balaban J connectivity index is 3.25. The van der Waals surface area contributed by atoms with Crippen molar-refractivity contribution in [1.29, 1.82) is 5.26 Å². The van der Waals surface area contributed by atoms with Crippen molar-refractivity contribution in [3.63, 3.8) is 0 Å². The first-order valence-corrected chi connectivity index (χ1v) is 4.34. The zero-order valence-electron chi connectivity index (χ0n) is 7.92. The first kappa shape index (κ1) is 10.3. The number of allylic oxidation sites excluding steroid dienone is 1. The third-order valence-corrected chi connectivity index (χ3v) is 1.98. The van der Waals surface area contributed by atoms with Crippen LogP contribution in [-0.2, 0) is 0 Å². The van der Waals surface area contributed by atoms with Crippen LogP contribution in [-0.4, -0.2) is 0 Å². The van der Waals surface area contributed by atoms with E-state index in [4.69, 9.17) is 11.0 Å². The van der Waals surface area contributed by atoms with Gasteiger partial charge in [-0.05, 0) is 18.6 Å². The van der Waals surface area contributed by atoms with Crippen molar-refractivity contribution in [3.05, 3.63) is 41.2 Å². The molecule has 0 unspecified atom stereocenters. The van der Waals surface area contributed by atoms with Crippen LogP contribution in [0.1, 0.15) is 18.9 Å². The van der Waals surface area contributed by atoms with Crippen LogP contribution in [0, 0.1) is 17.1 Å². The molecule has 0 saturated heterocycles. The summed E-state index contributed by atoms with van der Waals surface area (Å²) < 4.78 is 13.2. The van der Waals surface area contributed by atoms with Crippen molar-refractivity contribution in [2.45, 2.75) is 13.3 Å². The zero-order chi connectivity index (χ0) is 10.6. The summed E-state index contributed by atoms with van der Waals surface area (Å²) >= 11 is 0. The van der Waals surface area contributed by atoms with Gasteiger partial charge in [0.05, 0.1) is 17.3 Å². The molecule has 0 aliphatic rings. The molecule has 1 aromatic rings. The molecule has 2 nitrogen and oxygen atoms in total. The van der Waals surface area contributed by atoms with Gasteiger partial charge in [0, 0.05) is 5.56 Å². The molecule has 1 rings (SSSR count). The van der Waals surface area contributed by atoms with Gasteiger partial charge in [0.25, 0.3) is 0 Å². The Labute approximate surface area is 82.5 Å². The fourth-order valence-electron chi connectivity index (χ4n) is 1.17. The minimum Gasteiger partial charge on any atom is -0.397 e. The highest BCUT2D eigenvalue weighted by Gasteiger charge is 2.07. The summed E-state index contributed by atoms with van der Waals surface area (Å²) in [5.41, 5.74) is 6.62. The molecule has 0 aliphatic heterocycles. The van der Waals surface area contributed by atoms with E-state index in [1.54, 1.807) is 18.2 Å². The standard InChI is InChI=1S/C11H11FN2/c1-2-8(7-13)11(14)9-5-3-4-6-10(9)12/h3-6H,2,14H2,1H3/b11-8-. The summed E-state index contributed by atoms with van der Waals surface area (Å²) in [6.07, 6.45) is 0.511. The summed E-state index contributed by atoms with van der Waals surface area (Å²) in [6.45, 7) is 1.81. The number of nitrogens with two attached hydrogens (primary N) is 1. The minimum absolute atomic E-state index is 0.230. The molecule has 0 aliphatic carbocycles. The van der Waals surface area contributed by atoms with Gasteiger partial charge in [-0.2, -0.15) is 5.26 Å². The lowest BCUT2D eigenvalue weighted by molar-refractivity contribution is 0.623. The van der Waals surface area contributed by atoms with Crippen LogP contribution >= 0.6 is 0 Å². The molecule has 0 saturated carbocycles. The SMILES string of the molecule is CC/C(C#N)=C(/N)c1ccccc1F. The molecule has 0 heterocycles. The maximum absolute atomic E-state index is 13.2. The van der Waals surface area contributed by atoms with Crippen molar-refractivity contribution in [2.75, 3.05) is 0 Å². The topological polar surface area (TPSA) is 49.8 Å². The summed E-state index contributed by atoms with van der Waals surface area (Å²) in [7, 11) is 0. The Morgan fingerprint density at radius 1 is 1.50 bits per heavy atom. The zero-order valence-corrected chi connectivity index (χ0v) is 7.92. The lowest BCUT2D eigenvalue weighted by atomic mass is 10.1. The Morgan fingerprint density at radius 3 is 2.64 bits per heavy atom. The average Bonchev–Trinajstić information content (AvgIpc) is 2.20. The van der Waals surface area contributed by atoms with Crippen LogP contribution in [0.4, 0.5) is 4.39 Å². The molecule has 0 fully saturated rings. The second-order valence-electron chi connectivity index (χ2n) is 2.84. The normalized spacial score (nSPS) is 11.8. The predicted molar refractivity (Wildman–Crippen MR) is 53.4 cm³/mol. The van der Waals surface area contributed by atoms with Gasteiger partial charge in [0.1, 0.15) is 5.82 Å². The highest BCUT2D eigenvalue weighted by atomic mass is 19.1. The molecule has 3 heteroatoms. The van der Waals surface area contributed by atoms with Crippen LogP contribution in [0.25, 0.3) is 5.70 Å². The fraction of sp³-hybridized carbons (Fsp3) is 0.182. The van der Waals surface area contributed by atoms with E-state index in [0.29, 0.717) is 17.6 Å². The third kappa shape index (κ3) is 1.91. The number of nitriles is 1. The van der Waals surface area contributed by atoms with Crippen LogP contribution < -0.4 is 5.73 Å². The van der Waals surface area contributed by atoms with Crippen molar-refractivity contribution in [1.82, 2.24) is 0 Å². The molecule has 2 N–H and O–H groups in total. The summed E-state index contributed by atoms with van der Waals surface area (Å²) in [4.78, 5) is 0. The number of nitrogens with zero attached hydrogens (tertiary/aromatic N) is 1. The smallest absolute Gasteiger partial charge is 0.132 e. The van der Waals surface area contributed by atoms with Crippen LogP contribution in [0.15, 0.2) is 29.8 Å². The van der Waals surface area contributed by atoms with E-state index in [1.807, 2.05) is 13.0 Å². The largest absolute Gasteiger partial charge is 0.397 e.